The highest BCUT2D eigenvalue weighted by atomic mass is 16.4. The second-order valence-electron chi connectivity index (χ2n) is 5.01. The van der Waals surface area contributed by atoms with Gasteiger partial charge in [-0.3, -0.25) is 14.4 Å². The van der Waals surface area contributed by atoms with E-state index in [0.717, 1.165) is 6.42 Å². The summed E-state index contributed by atoms with van der Waals surface area (Å²) in [6.07, 6.45) is 2.30. The molecule has 0 saturated heterocycles. The number of amides is 2. The zero-order valence-electron chi connectivity index (χ0n) is 11.4. The van der Waals surface area contributed by atoms with Gasteiger partial charge < -0.3 is 15.7 Å². The summed E-state index contributed by atoms with van der Waals surface area (Å²) in [5, 5.41) is 14.3. The van der Waals surface area contributed by atoms with E-state index in [1.54, 1.807) is 0 Å². The largest absolute Gasteiger partial charge is 0.481 e. The average Bonchev–Trinajstić information content (AvgIpc) is 2.82. The Morgan fingerprint density at radius 1 is 1.21 bits per heavy atom. The third-order valence-electron chi connectivity index (χ3n) is 3.82. The molecule has 0 aromatic heterocycles. The molecule has 3 unspecified atom stereocenters. The molecule has 2 amide bonds. The van der Waals surface area contributed by atoms with Crippen molar-refractivity contribution in [1.82, 2.24) is 10.6 Å². The monoisotopic (exact) mass is 270 g/mol. The second kappa shape index (κ2) is 7.11. The molecule has 0 aliphatic heterocycles. The molecule has 1 aliphatic carbocycles. The fourth-order valence-electron chi connectivity index (χ4n) is 2.59. The Hall–Kier alpha value is -1.59. The summed E-state index contributed by atoms with van der Waals surface area (Å²) >= 11 is 0. The Labute approximate surface area is 112 Å². The average molecular weight is 270 g/mol. The van der Waals surface area contributed by atoms with Crippen LogP contribution in [0.4, 0.5) is 0 Å². The molecule has 0 bridgehead atoms. The van der Waals surface area contributed by atoms with Crippen LogP contribution in [0.25, 0.3) is 0 Å². The summed E-state index contributed by atoms with van der Waals surface area (Å²) in [5.41, 5.74) is 0. The van der Waals surface area contributed by atoms with E-state index in [0.29, 0.717) is 18.8 Å². The normalized spacial score (nSPS) is 25.9. The lowest BCUT2D eigenvalue weighted by atomic mass is 9.95. The lowest BCUT2D eigenvalue weighted by molar-refractivity contribution is -0.146. The number of aliphatic carboxylic acids is 1. The van der Waals surface area contributed by atoms with Crippen LogP contribution >= 0.6 is 0 Å². The van der Waals surface area contributed by atoms with Crippen LogP contribution in [0, 0.1) is 17.8 Å². The smallest absolute Gasteiger partial charge is 0.307 e. The van der Waals surface area contributed by atoms with Crippen LogP contribution in [-0.2, 0) is 14.4 Å². The van der Waals surface area contributed by atoms with Gasteiger partial charge in [0.25, 0.3) is 0 Å². The minimum atomic E-state index is -0.901. The highest BCUT2D eigenvalue weighted by molar-refractivity contribution is 5.85. The molecule has 3 atom stereocenters. The van der Waals surface area contributed by atoms with Gasteiger partial charge in [0.05, 0.1) is 11.8 Å². The molecular formula is C13H22N2O4. The predicted octanol–water partition coefficient (Wildman–Crippen LogP) is 0.376. The number of carboxylic acids is 1. The number of carboxylic acid groups (broad SMARTS) is 1. The molecule has 0 spiro atoms. The van der Waals surface area contributed by atoms with E-state index in [2.05, 4.69) is 10.6 Å². The van der Waals surface area contributed by atoms with E-state index >= 15 is 0 Å². The van der Waals surface area contributed by atoms with Gasteiger partial charge >= 0.3 is 5.97 Å². The molecule has 0 aromatic rings. The van der Waals surface area contributed by atoms with Crippen molar-refractivity contribution in [2.75, 3.05) is 13.6 Å². The Morgan fingerprint density at radius 2 is 1.84 bits per heavy atom. The van der Waals surface area contributed by atoms with Crippen LogP contribution in [-0.4, -0.2) is 36.5 Å². The second-order valence-corrected chi connectivity index (χ2v) is 5.01. The number of carbonyl (C=O) groups excluding carboxylic acids is 2. The summed E-state index contributed by atoms with van der Waals surface area (Å²) in [4.78, 5) is 34.2. The third kappa shape index (κ3) is 4.22. The quantitative estimate of drug-likeness (QED) is 0.650. The van der Waals surface area contributed by atoms with Crippen LogP contribution in [0.15, 0.2) is 0 Å². The van der Waals surface area contributed by atoms with E-state index in [-0.39, 0.29) is 24.8 Å². The summed E-state index contributed by atoms with van der Waals surface area (Å²) in [6.45, 7) is 2.26. The Balaban J connectivity index is 2.49. The lowest BCUT2D eigenvalue weighted by Gasteiger charge is -2.15. The minimum Gasteiger partial charge on any atom is -0.481 e. The van der Waals surface area contributed by atoms with E-state index in [1.165, 1.54) is 7.05 Å². The lowest BCUT2D eigenvalue weighted by Crippen LogP contribution is -2.37. The molecule has 1 saturated carbocycles. The molecule has 108 valence electrons. The topological polar surface area (TPSA) is 95.5 Å². The molecule has 3 N–H and O–H groups in total. The molecule has 0 heterocycles. The van der Waals surface area contributed by atoms with Crippen molar-refractivity contribution < 1.29 is 19.5 Å². The highest BCUT2D eigenvalue weighted by Gasteiger charge is 2.41. The fraction of sp³-hybridized carbons (Fsp3) is 0.769. The summed E-state index contributed by atoms with van der Waals surface area (Å²) in [7, 11) is 1.54. The number of nitrogens with one attached hydrogen (secondary N) is 2. The minimum absolute atomic E-state index is 0.145. The first-order valence-corrected chi connectivity index (χ1v) is 6.70. The van der Waals surface area contributed by atoms with Gasteiger partial charge in [0, 0.05) is 20.0 Å². The highest BCUT2D eigenvalue weighted by Crippen LogP contribution is 2.38. The van der Waals surface area contributed by atoms with Crippen molar-refractivity contribution in [3.8, 4) is 0 Å². The standard InChI is InChI=1S/C13H22N2O4/c1-3-8-6-9(10(7-8)13(18)19)12(17)15-5-4-11(16)14-2/h8-10H,3-7H2,1-2H3,(H,14,16)(H,15,17)(H,18,19). The zero-order valence-corrected chi connectivity index (χ0v) is 11.4. The summed E-state index contributed by atoms with van der Waals surface area (Å²) in [6, 6.07) is 0. The Morgan fingerprint density at radius 3 is 2.37 bits per heavy atom. The van der Waals surface area contributed by atoms with Crippen LogP contribution in [0.3, 0.4) is 0 Å². The first kappa shape index (κ1) is 15.5. The van der Waals surface area contributed by atoms with Crippen molar-refractivity contribution in [2.45, 2.75) is 32.6 Å². The van der Waals surface area contributed by atoms with Gasteiger partial charge in [-0.2, -0.15) is 0 Å². The molecule has 0 radical (unpaired) electrons. The van der Waals surface area contributed by atoms with E-state index in [9.17, 15) is 14.4 Å². The number of carbonyl (C=O) groups is 3. The molecule has 1 rings (SSSR count). The molecule has 1 aliphatic rings. The van der Waals surface area contributed by atoms with Crippen molar-refractivity contribution in [3.05, 3.63) is 0 Å². The van der Waals surface area contributed by atoms with E-state index in [4.69, 9.17) is 5.11 Å². The van der Waals surface area contributed by atoms with Gasteiger partial charge in [0.1, 0.15) is 0 Å². The van der Waals surface area contributed by atoms with Gasteiger partial charge in [0.15, 0.2) is 0 Å². The van der Waals surface area contributed by atoms with Gasteiger partial charge in [0.2, 0.25) is 11.8 Å². The van der Waals surface area contributed by atoms with Crippen LogP contribution in [0.2, 0.25) is 0 Å². The molecular weight excluding hydrogens is 248 g/mol. The first-order chi connectivity index (χ1) is 8.99. The SMILES string of the molecule is CCC1CC(C(=O)O)C(C(=O)NCCC(=O)NC)C1. The maximum absolute atomic E-state index is 12.0. The van der Waals surface area contributed by atoms with Gasteiger partial charge in [-0.15, -0.1) is 0 Å². The van der Waals surface area contributed by atoms with E-state index < -0.39 is 17.8 Å². The zero-order chi connectivity index (χ0) is 14.4. The van der Waals surface area contributed by atoms with Gasteiger partial charge in [-0.05, 0) is 18.8 Å². The Bertz CT molecular complexity index is 357. The van der Waals surface area contributed by atoms with E-state index in [1.807, 2.05) is 6.92 Å². The summed E-state index contributed by atoms with van der Waals surface area (Å²) in [5.74, 6) is -2.05. The van der Waals surface area contributed by atoms with Crippen LogP contribution in [0.5, 0.6) is 0 Å². The predicted molar refractivity (Wildman–Crippen MR) is 69.3 cm³/mol. The van der Waals surface area contributed by atoms with Crippen molar-refractivity contribution in [1.29, 1.82) is 0 Å². The van der Waals surface area contributed by atoms with Crippen LogP contribution in [0.1, 0.15) is 32.6 Å². The maximum Gasteiger partial charge on any atom is 0.307 e. The fourth-order valence-corrected chi connectivity index (χ4v) is 2.59. The number of hydrogen-bond acceptors (Lipinski definition) is 3. The van der Waals surface area contributed by atoms with Crippen molar-refractivity contribution >= 4 is 17.8 Å². The molecule has 0 aromatic carbocycles. The molecule has 1 fully saturated rings. The maximum atomic E-state index is 12.0. The molecule has 6 heteroatoms. The molecule has 19 heavy (non-hydrogen) atoms. The van der Waals surface area contributed by atoms with Crippen molar-refractivity contribution in [2.24, 2.45) is 17.8 Å². The Kier molecular flexibility index (Phi) is 5.79. The van der Waals surface area contributed by atoms with Gasteiger partial charge in [-0.1, -0.05) is 13.3 Å². The van der Waals surface area contributed by atoms with Crippen molar-refractivity contribution in [3.63, 3.8) is 0 Å². The third-order valence-corrected chi connectivity index (χ3v) is 3.82. The molecule has 6 nitrogen and oxygen atoms in total. The summed E-state index contributed by atoms with van der Waals surface area (Å²) < 4.78 is 0. The number of hydrogen-bond donors (Lipinski definition) is 3. The van der Waals surface area contributed by atoms with Crippen LogP contribution < -0.4 is 10.6 Å². The number of rotatable bonds is 6. The first-order valence-electron chi connectivity index (χ1n) is 6.70. The van der Waals surface area contributed by atoms with Gasteiger partial charge in [-0.25, -0.2) is 0 Å².